The summed E-state index contributed by atoms with van der Waals surface area (Å²) in [5.41, 5.74) is 1.90. The number of carboxylic acid groups (broad SMARTS) is 1. The van der Waals surface area contributed by atoms with Gasteiger partial charge in [-0.05, 0) is 54.6 Å². The molecule has 0 saturated carbocycles. The van der Waals surface area contributed by atoms with E-state index in [9.17, 15) is 4.79 Å². The van der Waals surface area contributed by atoms with Gasteiger partial charge in [-0.3, -0.25) is 4.98 Å². The molecule has 0 amide bonds. The standard InChI is InChI=1S/C19H13N3O4/c23-18(24)12-1-6-16-17(11-12)26-19(22-16)21-13-2-4-14(5-3-13)25-15-7-9-20-10-8-15/h1-11H,(H,21,22)(H,23,24). The highest BCUT2D eigenvalue weighted by Crippen LogP contribution is 2.26. The van der Waals surface area contributed by atoms with Crippen molar-refractivity contribution in [2.24, 2.45) is 0 Å². The number of ether oxygens (including phenoxy) is 1. The maximum absolute atomic E-state index is 11.0. The molecule has 4 aromatic rings. The van der Waals surface area contributed by atoms with E-state index in [0.717, 1.165) is 5.69 Å². The van der Waals surface area contributed by atoms with Gasteiger partial charge in [-0.2, -0.15) is 4.98 Å². The highest BCUT2D eigenvalue weighted by atomic mass is 16.5. The van der Waals surface area contributed by atoms with Gasteiger partial charge in [-0.15, -0.1) is 0 Å². The van der Waals surface area contributed by atoms with Gasteiger partial charge in [0.15, 0.2) is 5.58 Å². The van der Waals surface area contributed by atoms with E-state index in [2.05, 4.69) is 15.3 Å². The molecule has 0 radical (unpaired) electrons. The van der Waals surface area contributed by atoms with E-state index in [-0.39, 0.29) is 11.6 Å². The number of carboxylic acids is 1. The number of fused-ring (bicyclic) bond motifs is 1. The Morgan fingerprint density at radius 1 is 1.00 bits per heavy atom. The molecule has 7 heteroatoms. The average molecular weight is 347 g/mol. The van der Waals surface area contributed by atoms with Crippen molar-refractivity contribution in [2.75, 3.05) is 5.32 Å². The molecular formula is C19H13N3O4. The van der Waals surface area contributed by atoms with E-state index in [0.29, 0.717) is 22.6 Å². The van der Waals surface area contributed by atoms with Crippen LogP contribution in [-0.2, 0) is 0 Å². The first-order valence-electron chi connectivity index (χ1n) is 7.76. The Hall–Kier alpha value is -3.87. The van der Waals surface area contributed by atoms with Crippen LogP contribution in [0.4, 0.5) is 11.7 Å². The number of nitrogens with zero attached hydrogens (tertiary/aromatic N) is 2. The van der Waals surface area contributed by atoms with Crippen molar-refractivity contribution >= 4 is 28.8 Å². The summed E-state index contributed by atoms with van der Waals surface area (Å²) in [6.45, 7) is 0. The van der Waals surface area contributed by atoms with Gasteiger partial charge in [0.2, 0.25) is 0 Å². The highest BCUT2D eigenvalue weighted by molar-refractivity contribution is 5.92. The van der Waals surface area contributed by atoms with Crippen LogP contribution in [0.3, 0.4) is 0 Å². The van der Waals surface area contributed by atoms with Crippen LogP contribution in [0.1, 0.15) is 10.4 Å². The molecule has 0 atom stereocenters. The molecule has 0 aliphatic heterocycles. The lowest BCUT2D eigenvalue weighted by atomic mass is 10.2. The van der Waals surface area contributed by atoms with Crippen LogP contribution in [0, 0.1) is 0 Å². The normalized spacial score (nSPS) is 10.6. The highest BCUT2D eigenvalue weighted by Gasteiger charge is 2.10. The molecule has 0 spiro atoms. The summed E-state index contributed by atoms with van der Waals surface area (Å²) in [7, 11) is 0. The molecular weight excluding hydrogens is 334 g/mol. The van der Waals surface area contributed by atoms with E-state index in [1.807, 2.05) is 24.3 Å². The Balaban J connectivity index is 1.50. The zero-order chi connectivity index (χ0) is 17.9. The second kappa shape index (κ2) is 6.56. The number of hydrogen-bond donors (Lipinski definition) is 2. The summed E-state index contributed by atoms with van der Waals surface area (Å²) in [6.07, 6.45) is 3.32. The quantitative estimate of drug-likeness (QED) is 0.550. The predicted octanol–water partition coefficient (Wildman–Crippen LogP) is 4.46. The zero-order valence-electron chi connectivity index (χ0n) is 13.4. The van der Waals surface area contributed by atoms with Gasteiger partial charge in [0, 0.05) is 18.1 Å². The number of nitrogens with one attached hydrogen (secondary N) is 1. The molecule has 2 aromatic heterocycles. The SMILES string of the molecule is O=C(O)c1ccc2nc(Nc3ccc(Oc4ccncc4)cc3)oc2c1. The van der Waals surface area contributed by atoms with Crippen molar-refractivity contribution in [1.29, 1.82) is 0 Å². The molecule has 4 rings (SSSR count). The number of carbonyl (C=O) groups is 1. The van der Waals surface area contributed by atoms with Crippen molar-refractivity contribution in [3.05, 3.63) is 72.6 Å². The number of aromatic carboxylic acids is 1. The maximum Gasteiger partial charge on any atom is 0.335 e. The van der Waals surface area contributed by atoms with E-state index in [1.165, 1.54) is 12.1 Å². The van der Waals surface area contributed by atoms with E-state index in [1.54, 1.807) is 30.6 Å². The number of anilines is 2. The average Bonchev–Trinajstić information content (AvgIpc) is 3.05. The van der Waals surface area contributed by atoms with Crippen molar-refractivity contribution in [3.63, 3.8) is 0 Å². The van der Waals surface area contributed by atoms with Crippen molar-refractivity contribution < 1.29 is 19.1 Å². The Morgan fingerprint density at radius 2 is 1.73 bits per heavy atom. The molecule has 0 unspecified atom stereocenters. The van der Waals surface area contributed by atoms with Crippen LogP contribution in [0.25, 0.3) is 11.1 Å². The summed E-state index contributed by atoms with van der Waals surface area (Å²) in [5, 5.41) is 12.1. The molecule has 0 saturated heterocycles. The first kappa shape index (κ1) is 15.6. The fraction of sp³-hybridized carbons (Fsp3) is 0. The second-order valence-electron chi connectivity index (χ2n) is 5.44. The molecule has 2 N–H and O–H groups in total. The van der Waals surface area contributed by atoms with Crippen LogP contribution >= 0.6 is 0 Å². The van der Waals surface area contributed by atoms with Crippen molar-refractivity contribution in [3.8, 4) is 11.5 Å². The number of aromatic nitrogens is 2. The number of rotatable bonds is 5. The molecule has 0 aliphatic rings. The lowest BCUT2D eigenvalue weighted by molar-refractivity contribution is 0.0697. The van der Waals surface area contributed by atoms with Gasteiger partial charge < -0.3 is 19.6 Å². The summed E-state index contributed by atoms with van der Waals surface area (Å²) < 4.78 is 11.3. The van der Waals surface area contributed by atoms with Gasteiger partial charge in [0.25, 0.3) is 6.01 Å². The van der Waals surface area contributed by atoms with Crippen LogP contribution in [0.15, 0.2) is 71.4 Å². The Morgan fingerprint density at radius 3 is 2.46 bits per heavy atom. The monoisotopic (exact) mass is 347 g/mol. The first-order chi connectivity index (χ1) is 12.7. The first-order valence-corrected chi connectivity index (χ1v) is 7.76. The third-order valence-electron chi connectivity index (χ3n) is 3.63. The van der Waals surface area contributed by atoms with Gasteiger partial charge in [0.05, 0.1) is 5.56 Å². The molecule has 26 heavy (non-hydrogen) atoms. The molecule has 0 bridgehead atoms. The van der Waals surface area contributed by atoms with Gasteiger partial charge >= 0.3 is 5.97 Å². The smallest absolute Gasteiger partial charge is 0.335 e. The zero-order valence-corrected chi connectivity index (χ0v) is 13.4. The largest absolute Gasteiger partial charge is 0.478 e. The lowest BCUT2D eigenvalue weighted by Crippen LogP contribution is -1.94. The molecule has 2 aromatic carbocycles. The second-order valence-corrected chi connectivity index (χ2v) is 5.44. The van der Waals surface area contributed by atoms with Crippen molar-refractivity contribution in [2.45, 2.75) is 0 Å². The summed E-state index contributed by atoms with van der Waals surface area (Å²) >= 11 is 0. The van der Waals surface area contributed by atoms with Gasteiger partial charge in [0.1, 0.15) is 17.0 Å². The Kier molecular flexibility index (Phi) is 3.95. The minimum Gasteiger partial charge on any atom is -0.478 e. The fourth-order valence-corrected chi connectivity index (χ4v) is 2.38. The van der Waals surface area contributed by atoms with E-state index < -0.39 is 5.97 Å². The summed E-state index contributed by atoms with van der Waals surface area (Å²) in [6, 6.07) is 15.7. The minimum absolute atomic E-state index is 0.151. The van der Waals surface area contributed by atoms with Gasteiger partial charge in [-0.1, -0.05) is 0 Å². The van der Waals surface area contributed by atoms with Crippen LogP contribution in [-0.4, -0.2) is 21.0 Å². The maximum atomic E-state index is 11.0. The molecule has 0 aliphatic carbocycles. The predicted molar refractivity (Wildman–Crippen MR) is 95.0 cm³/mol. The molecule has 7 nitrogen and oxygen atoms in total. The van der Waals surface area contributed by atoms with Crippen LogP contribution in [0.2, 0.25) is 0 Å². The lowest BCUT2D eigenvalue weighted by Gasteiger charge is -2.06. The van der Waals surface area contributed by atoms with E-state index in [4.69, 9.17) is 14.3 Å². The van der Waals surface area contributed by atoms with E-state index >= 15 is 0 Å². The Labute approximate surface area is 147 Å². The third kappa shape index (κ3) is 3.32. The van der Waals surface area contributed by atoms with Gasteiger partial charge in [-0.25, -0.2) is 4.79 Å². The number of benzene rings is 2. The molecule has 0 fully saturated rings. The van der Waals surface area contributed by atoms with Crippen LogP contribution in [0.5, 0.6) is 11.5 Å². The third-order valence-corrected chi connectivity index (χ3v) is 3.63. The summed E-state index contributed by atoms with van der Waals surface area (Å²) in [5.74, 6) is 0.377. The summed E-state index contributed by atoms with van der Waals surface area (Å²) in [4.78, 5) is 19.2. The van der Waals surface area contributed by atoms with Crippen LogP contribution < -0.4 is 10.1 Å². The topological polar surface area (TPSA) is 97.5 Å². The fourth-order valence-electron chi connectivity index (χ4n) is 2.38. The minimum atomic E-state index is -1.01. The number of hydrogen-bond acceptors (Lipinski definition) is 6. The van der Waals surface area contributed by atoms with Crippen molar-refractivity contribution in [1.82, 2.24) is 9.97 Å². The number of oxazole rings is 1. The number of pyridine rings is 1. The Bertz CT molecular complexity index is 1060. The molecule has 2 heterocycles. The molecule has 128 valence electrons.